The van der Waals surface area contributed by atoms with Crippen LogP contribution in [0.1, 0.15) is 6.42 Å². The van der Waals surface area contributed by atoms with Gasteiger partial charge < -0.3 is 10.0 Å². The zero-order valence-corrected chi connectivity index (χ0v) is 12.4. The maximum Gasteiger partial charge on any atom is 0.324 e. The number of aliphatic carboxylic acids is 1. The second kappa shape index (κ2) is 7.21. The van der Waals surface area contributed by atoms with Gasteiger partial charge in [-0.1, -0.05) is 18.2 Å². The van der Waals surface area contributed by atoms with Gasteiger partial charge in [-0.15, -0.1) is 0 Å². The summed E-state index contributed by atoms with van der Waals surface area (Å²) in [6, 6.07) is 8.79. The van der Waals surface area contributed by atoms with Gasteiger partial charge in [0.05, 0.1) is 6.42 Å². The number of hydrogen-bond acceptors (Lipinski definition) is 3. The first-order valence-electron chi connectivity index (χ1n) is 6.76. The van der Waals surface area contributed by atoms with E-state index in [1.54, 1.807) is 17.0 Å². The number of rotatable bonds is 4. The molecule has 1 aromatic carbocycles. The second-order valence-electron chi connectivity index (χ2n) is 4.75. The van der Waals surface area contributed by atoms with Crippen LogP contribution in [-0.2, 0) is 15.6 Å². The highest BCUT2D eigenvalue weighted by atomic mass is 32.2. The molecular formula is C14H18N2O4S. The van der Waals surface area contributed by atoms with Crippen molar-refractivity contribution in [2.75, 3.05) is 36.0 Å². The van der Waals surface area contributed by atoms with E-state index in [9.17, 15) is 13.8 Å². The molecule has 0 spiro atoms. The van der Waals surface area contributed by atoms with Gasteiger partial charge in [0.25, 0.3) is 0 Å². The average molecular weight is 310 g/mol. The quantitative estimate of drug-likeness (QED) is 0.905. The van der Waals surface area contributed by atoms with E-state index in [1.165, 1.54) is 4.90 Å². The fraction of sp³-hybridized carbons (Fsp3) is 0.429. The van der Waals surface area contributed by atoms with Crippen molar-refractivity contribution in [2.45, 2.75) is 6.42 Å². The third kappa shape index (κ3) is 4.29. The van der Waals surface area contributed by atoms with Crippen molar-refractivity contribution < 1.29 is 18.9 Å². The first-order valence-corrected chi connectivity index (χ1v) is 8.25. The molecule has 1 saturated heterocycles. The van der Waals surface area contributed by atoms with Gasteiger partial charge in [0.2, 0.25) is 0 Å². The van der Waals surface area contributed by atoms with Crippen LogP contribution in [0.5, 0.6) is 0 Å². The van der Waals surface area contributed by atoms with E-state index in [2.05, 4.69) is 0 Å². The summed E-state index contributed by atoms with van der Waals surface area (Å²) in [6.45, 7) is 1.02. The number of amides is 2. The Bertz CT molecular complexity index is 525. The van der Waals surface area contributed by atoms with E-state index in [-0.39, 0.29) is 19.0 Å². The summed E-state index contributed by atoms with van der Waals surface area (Å²) >= 11 is 0. The highest BCUT2D eigenvalue weighted by Crippen LogP contribution is 2.17. The first-order chi connectivity index (χ1) is 10.1. The molecule has 0 aromatic heterocycles. The number of carboxylic acids is 1. The Morgan fingerprint density at radius 3 is 2.38 bits per heavy atom. The monoisotopic (exact) mass is 310 g/mol. The Balaban J connectivity index is 2.12. The molecule has 1 aliphatic rings. The van der Waals surface area contributed by atoms with Crippen LogP contribution < -0.4 is 4.90 Å². The van der Waals surface area contributed by atoms with Crippen LogP contribution in [0.25, 0.3) is 0 Å². The molecule has 114 valence electrons. The molecule has 0 atom stereocenters. The van der Waals surface area contributed by atoms with Gasteiger partial charge in [0.1, 0.15) is 0 Å². The van der Waals surface area contributed by atoms with E-state index in [4.69, 9.17) is 5.11 Å². The summed E-state index contributed by atoms with van der Waals surface area (Å²) in [7, 11) is -0.853. The summed E-state index contributed by atoms with van der Waals surface area (Å²) in [5.74, 6) is 0.0177. The van der Waals surface area contributed by atoms with Crippen molar-refractivity contribution in [1.29, 1.82) is 0 Å². The van der Waals surface area contributed by atoms with Crippen molar-refractivity contribution in [3.05, 3.63) is 30.3 Å². The Kier molecular flexibility index (Phi) is 5.32. The number of benzene rings is 1. The van der Waals surface area contributed by atoms with E-state index in [0.29, 0.717) is 30.3 Å². The molecule has 1 aromatic rings. The molecule has 0 radical (unpaired) electrons. The van der Waals surface area contributed by atoms with Crippen LogP contribution in [0.2, 0.25) is 0 Å². The van der Waals surface area contributed by atoms with Crippen LogP contribution in [-0.4, -0.2) is 57.4 Å². The van der Waals surface area contributed by atoms with E-state index in [1.807, 2.05) is 18.2 Å². The van der Waals surface area contributed by atoms with Crippen LogP contribution in [0.15, 0.2) is 30.3 Å². The van der Waals surface area contributed by atoms with Gasteiger partial charge in [-0.25, -0.2) is 4.79 Å². The number of anilines is 1. The minimum absolute atomic E-state index is 0.111. The van der Waals surface area contributed by atoms with Crippen LogP contribution in [0, 0.1) is 0 Å². The van der Waals surface area contributed by atoms with E-state index in [0.717, 1.165) is 0 Å². The molecule has 6 nitrogen and oxygen atoms in total. The van der Waals surface area contributed by atoms with Crippen molar-refractivity contribution in [2.24, 2.45) is 0 Å². The minimum Gasteiger partial charge on any atom is -0.481 e. The lowest BCUT2D eigenvalue weighted by molar-refractivity contribution is -0.136. The molecule has 2 amide bonds. The van der Waals surface area contributed by atoms with Gasteiger partial charge in [-0.3, -0.25) is 13.9 Å². The first kappa shape index (κ1) is 15.5. The predicted molar refractivity (Wildman–Crippen MR) is 80.9 cm³/mol. The highest BCUT2D eigenvalue weighted by Gasteiger charge is 2.25. The SMILES string of the molecule is O=C(O)CCN(C(=O)N1CCS(=O)CC1)c1ccccc1. The molecule has 0 aliphatic carbocycles. The lowest BCUT2D eigenvalue weighted by atomic mass is 10.2. The van der Waals surface area contributed by atoms with Crippen molar-refractivity contribution in [3.63, 3.8) is 0 Å². The summed E-state index contributed by atoms with van der Waals surface area (Å²) in [5.41, 5.74) is 0.676. The molecule has 1 N–H and O–H groups in total. The van der Waals surface area contributed by atoms with Crippen molar-refractivity contribution >= 4 is 28.5 Å². The summed E-state index contributed by atoms with van der Waals surface area (Å²) in [4.78, 5) is 26.5. The second-order valence-corrected chi connectivity index (χ2v) is 6.44. The largest absolute Gasteiger partial charge is 0.481 e. The molecule has 1 heterocycles. The average Bonchev–Trinajstić information content (AvgIpc) is 2.49. The molecule has 1 aliphatic heterocycles. The van der Waals surface area contributed by atoms with Gasteiger partial charge in [-0.05, 0) is 12.1 Å². The number of hydrogen-bond donors (Lipinski definition) is 1. The fourth-order valence-corrected chi connectivity index (χ4v) is 3.20. The third-order valence-corrected chi connectivity index (χ3v) is 4.57. The molecule has 7 heteroatoms. The lowest BCUT2D eigenvalue weighted by Gasteiger charge is -2.32. The zero-order chi connectivity index (χ0) is 15.2. The van der Waals surface area contributed by atoms with Gasteiger partial charge >= 0.3 is 12.0 Å². The molecule has 1 fully saturated rings. The predicted octanol–water partition coefficient (Wildman–Crippen LogP) is 1.15. The van der Waals surface area contributed by atoms with Crippen molar-refractivity contribution in [3.8, 4) is 0 Å². The summed E-state index contributed by atoms with van der Waals surface area (Å²) < 4.78 is 11.4. The van der Waals surface area contributed by atoms with E-state index >= 15 is 0 Å². The summed E-state index contributed by atoms with van der Waals surface area (Å²) in [5, 5.41) is 8.84. The third-order valence-electron chi connectivity index (χ3n) is 3.30. The molecular weight excluding hydrogens is 292 g/mol. The Labute approximate surface area is 125 Å². The standard InChI is InChI=1S/C14H18N2O4S/c17-13(18)6-7-16(12-4-2-1-3-5-12)14(19)15-8-10-21(20)11-9-15/h1-5H,6-11H2,(H,17,18). The number of carbonyl (C=O) groups is 2. The summed E-state index contributed by atoms with van der Waals surface area (Å²) in [6.07, 6.45) is -0.111. The Morgan fingerprint density at radius 2 is 1.81 bits per heavy atom. The lowest BCUT2D eigenvalue weighted by Crippen LogP contribution is -2.49. The Hall–Kier alpha value is -1.89. The topological polar surface area (TPSA) is 77.9 Å². The van der Waals surface area contributed by atoms with Crippen LogP contribution >= 0.6 is 0 Å². The minimum atomic E-state index is -0.941. The molecule has 0 unspecified atom stereocenters. The Morgan fingerprint density at radius 1 is 1.19 bits per heavy atom. The normalized spacial score (nSPS) is 15.7. The maximum atomic E-state index is 12.6. The molecule has 0 saturated carbocycles. The number of carboxylic acid groups (broad SMARTS) is 1. The smallest absolute Gasteiger partial charge is 0.324 e. The van der Waals surface area contributed by atoms with Crippen LogP contribution in [0.3, 0.4) is 0 Å². The van der Waals surface area contributed by atoms with Gasteiger partial charge in [0, 0.05) is 47.6 Å². The van der Waals surface area contributed by atoms with Gasteiger partial charge in [0.15, 0.2) is 0 Å². The highest BCUT2D eigenvalue weighted by molar-refractivity contribution is 7.85. The number of carbonyl (C=O) groups excluding carboxylic acids is 1. The molecule has 21 heavy (non-hydrogen) atoms. The number of para-hydroxylation sites is 1. The molecule has 2 rings (SSSR count). The maximum absolute atomic E-state index is 12.6. The number of nitrogens with zero attached hydrogens (tertiary/aromatic N) is 2. The fourth-order valence-electron chi connectivity index (χ4n) is 2.15. The van der Waals surface area contributed by atoms with Gasteiger partial charge in [-0.2, -0.15) is 0 Å². The van der Waals surface area contributed by atoms with Crippen LogP contribution in [0.4, 0.5) is 10.5 Å². The molecule has 0 bridgehead atoms. The van der Waals surface area contributed by atoms with Crippen molar-refractivity contribution in [1.82, 2.24) is 4.90 Å². The van der Waals surface area contributed by atoms with E-state index < -0.39 is 16.8 Å². The number of urea groups is 1. The zero-order valence-electron chi connectivity index (χ0n) is 11.6.